The molecular formula is C11H10N2. The molecule has 0 bridgehead atoms. The van der Waals surface area contributed by atoms with Crippen molar-refractivity contribution in [2.45, 2.75) is 6.92 Å². The Balaban J connectivity index is 2.48. The number of rotatable bonds is 1. The molecule has 0 aliphatic rings. The average molecular weight is 170 g/mol. The highest BCUT2D eigenvalue weighted by atomic mass is 15.1. The first-order chi connectivity index (χ1) is 6.36. The van der Waals surface area contributed by atoms with Crippen LogP contribution in [-0.2, 0) is 0 Å². The van der Waals surface area contributed by atoms with Crippen LogP contribution in [0.4, 0.5) is 0 Å². The summed E-state index contributed by atoms with van der Waals surface area (Å²) in [6, 6.07) is 12.2. The summed E-state index contributed by atoms with van der Waals surface area (Å²) < 4.78 is 0. The number of benzene rings is 1. The number of hydrogen-bond donors (Lipinski definition) is 0. The van der Waals surface area contributed by atoms with Gasteiger partial charge in [-0.25, -0.2) is 0 Å². The van der Waals surface area contributed by atoms with Gasteiger partial charge in [-0.2, -0.15) is 10.2 Å². The topological polar surface area (TPSA) is 25.8 Å². The second-order valence-corrected chi connectivity index (χ2v) is 2.95. The molecule has 0 aliphatic heterocycles. The van der Waals surface area contributed by atoms with Crippen LogP contribution < -0.4 is 0 Å². The summed E-state index contributed by atoms with van der Waals surface area (Å²) >= 11 is 0. The first-order valence-corrected chi connectivity index (χ1v) is 4.21. The monoisotopic (exact) mass is 170 g/mol. The van der Waals surface area contributed by atoms with Crippen LogP contribution in [0.3, 0.4) is 0 Å². The summed E-state index contributed by atoms with van der Waals surface area (Å²) in [4.78, 5) is 0. The number of nitrogens with zero attached hydrogens (tertiary/aromatic N) is 2. The molecule has 0 N–H and O–H groups in total. The summed E-state index contributed by atoms with van der Waals surface area (Å²) in [5.74, 6) is 0. The highest BCUT2D eigenvalue weighted by Gasteiger charge is 1.96. The van der Waals surface area contributed by atoms with E-state index in [9.17, 15) is 0 Å². The van der Waals surface area contributed by atoms with Gasteiger partial charge in [0.15, 0.2) is 0 Å². The Morgan fingerprint density at radius 2 is 1.77 bits per heavy atom. The molecule has 1 heterocycles. The molecule has 0 saturated heterocycles. The third-order valence-electron chi connectivity index (χ3n) is 1.88. The number of aromatic nitrogens is 2. The van der Waals surface area contributed by atoms with Gasteiger partial charge >= 0.3 is 0 Å². The van der Waals surface area contributed by atoms with Crippen molar-refractivity contribution in [1.82, 2.24) is 10.2 Å². The molecule has 1 aromatic heterocycles. The first kappa shape index (κ1) is 7.92. The normalized spacial score (nSPS) is 9.92. The first-order valence-electron chi connectivity index (χ1n) is 4.21. The molecule has 0 spiro atoms. The molecule has 0 unspecified atom stereocenters. The highest BCUT2D eigenvalue weighted by molar-refractivity contribution is 5.62. The van der Waals surface area contributed by atoms with Crippen molar-refractivity contribution in [3.63, 3.8) is 0 Å². The fourth-order valence-corrected chi connectivity index (χ4v) is 1.26. The predicted molar refractivity (Wildman–Crippen MR) is 52.2 cm³/mol. The van der Waals surface area contributed by atoms with Crippen molar-refractivity contribution in [1.29, 1.82) is 0 Å². The van der Waals surface area contributed by atoms with Gasteiger partial charge in [-0.1, -0.05) is 30.3 Å². The van der Waals surface area contributed by atoms with Crippen LogP contribution in [0, 0.1) is 6.92 Å². The van der Waals surface area contributed by atoms with Gasteiger partial charge in [0.05, 0.1) is 11.9 Å². The maximum Gasteiger partial charge on any atom is 0.0606 e. The number of aryl methyl sites for hydroxylation is 1. The van der Waals surface area contributed by atoms with E-state index >= 15 is 0 Å². The lowest BCUT2D eigenvalue weighted by Crippen LogP contribution is -1.86. The second kappa shape index (κ2) is 3.35. The Hall–Kier alpha value is -1.70. The van der Waals surface area contributed by atoms with E-state index in [1.54, 1.807) is 6.20 Å². The van der Waals surface area contributed by atoms with Crippen LogP contribution in [0.15, 0.2) is 42.6 Å². The Bertz CT molecular complexity index is 396. The van der Waals surface area contributed by atoms with Gasteiger partial charge in [-0.3, -0.25) is 0 Å². The third-order valence-corrected chi connectivity index (χ3v) is 1.88. The Kier molecular flexibility index (Phi) is 2.04. The minimum atomic E-state index is 0.946. The zero-order valence-electron chi connectivity index (χ0n) is 7.44. The van der Waals surface area contributed by atoms with E-state index in [1.807, 2.05) is 31.2 Å². The molecule has 0 radical (unpaired) electrons. The standard InChI is InChI=1S/C11H10N2/c1-9-7-11(8-12-13-9)10-5-3-2-4-6-10/h2-8H,1H3. The SMILES string of the molecule is Cc1cc(-c2ccccc2)cnn1. The fourth-order valence-electron chi connectivity index (χ4n) is 1.26. The smallest absolute Gasteiger partial charge is 0.0606 e. The van der Waals surface area contributed by atoms with Crippen LogP contribution in [0.25, 0.3) is 11.1 Å². The highest BCUT2D eigenvalue weighted by Crippen LogP contribution is 2.17. The van der Waals surface area contributed by atoms with Crippen molar-refractivity contribution >= 4 is 0 Å². The van der Waals surface area contributed by atoms with Crippen molar-refractivity contribution in [2.75, 3.05) is 0 Å². The Morgan fingerprint density at radius 3 is 2.46 bits per heavy atom. The summed E-state index contributed by atoms with van der Waals surface area (Å²) in [5, 5.41) is 7.83. The Morgan fingerprint density at radius 1 is 1.00 bits per heavy atom. The molecule has 0 fully saturated rings. The van der Waals surface area contributed by atoms with Crippen LogP contribution in [-0.4, -0.2) is 10.2 Å². The molecule has 1 aromatic carbocycles. The lowest BCUT2D eigenvalue weighted by atomic mass is 10.1. The molecule has 13 heavy (non-hydrogen) atoms. The second-order valence-electron chi connectivity index (χ2n) is 2.95. The minimum Gasteiger partial charge on any atom is -0.158 e. The van der Waals surface area contributed by atoms with Gasteiger partial charge in [0.2, 0.25) is 0 Å². The molecule has 64 valence electrons. The summed E-state index contributed by atoms with van der Waals surface area (Å²) in [6.45, 7) is 1.94. The van der Waals surface area contributed by atoms with Gasteiger partial charge in [0.1, 0.15) is 0 Å². The molecule has 0 saturated carbocycles. The molecule has 2 nitrogen and oxygen atoms in total. The van der Waals surface area contributed by atoms with Crippen LogP contribution in [0.5, 0.6) is 0 Å². The molecule has 2 aromatic rings. The van der Waals surface area contributed by atoms with Gasteiger partial charge in [-0.15, -0.1) is 0 Å². The zero-order valence-corrected chi connectivity index (χ0v) is 7.44. The van der Waals surface area contributed by atoms with Crippen LogP contribution in [0.1, 0.15) is 5.69 Å². The van der Waals surface area contributed by atoms with Crippen molar-refractivity contribution in [3.8, 4) is 11.1 Å². The predicted octanol–water partition coefficient (Wildman–Crippen LogP) is 2.45. The molecule has 0 atom stereocenters. The van der Waals surface area contributed by atoms with Gasteiger partial charge in [-0.05, 0) is 18.6 Å². The fraction of sp³-hybridized carbons (Fsp3) is 0.0909. The summed E-state index contributed by atoms with van der Waals surface area (Å²) in [7, 11) is 0. The van der Waals surface area contributed by atoms with Crippen LogP contribution in [0.2, 0.25) is 0 Å². The Labute approximate surface area is 77.3 Å². The van der Waals surface area contributed by atoms with Gasteiger partial charge in [0, 0.05) is 5.56 Å². The molecule has 2 rings (SSSR count). The van der Waals surface area contributed by atoms with E-state index in [-0.39, 0.29) is 0 Å². The lowest BCUT2D eigenvalue weighted by molar-refractivity contribution is 0.983. The average Bonchev–Trinajstić information content (AvgIpc) is 2.19. The van der Waals surface area contributed by atoms with E-state index in [1.165, 1.54) is 5.56 Å². The van der Waals surface area contributed by atoms with Gasteiger partial charge < -0.3 is 0 Å². The maximum absolute atomic E-state index is 3.92. The zero-order chi connectivity index (χ0) is 9.10. The summed E-state index contributed by atoms with van der Waals surface area (Å²) in [5.41, 5.74) is 3.25. The quantitative estimate of drug-likeness (QED) is 0.657. The van der Waals surface area contributed by atoms with E-state index in [4.69, 9.17) is 0 Å². The van der Waals surface area contributed by atoms with Crippen molar-refractivity contribution in [2.24, 2.45) is 0 Å². The van der Waals surface area contributed by atoms with E-state index in [0.717, 1.165) is 11.3 Å². The minimum absolute atomic E-state index is 0.946. The maximum atomic E-state index is 3.92. The largest absolute Gasteiger partial charge is 0.158 e. The van der Waals surface area contributed by atoms with Crippen molar-refractivity contribution in [3.05, 3.63) is 48.3 Å². The van der Waals surface area contributed by atoms with E-state index < -0.39 is 0 Å². The molecular weight excluding hydrogens is 160 g/mol. The number of hydrogen-bond acceptors (Lipinski definition) is 2. The molecule has 2 heteroatoms. The summed E-state index contributed by atoms with van der Waals surface area (Å²) in [6.07, 6.45) is 1.78. The lowest BCUT2D eigenvalue weighted by Gasteiger charge is -1.99. The van der Waals surface area contributed by atoms with E-state index in [2.05, 4.69) is 22.3 Å². The molecule has 0 aliphatic carbocycles. The van der Waals surface area contributed by atoms with E-state index in [0.29, 0.717) is 0 Å². The molecule has 0 amide bonds. The van der Waals surface area contributed by atoms with Gasteiger partial charge in [0.25, 0.3) is 0 Å². The van der Waals surface area contributed by atoms with Crippen LogP contribution >= 0.6 is 0 Å². The third kappa shape index (κ3) is 1.72. The van der Waals surface area contributed by atoms with Crippen molar-refractivity contribution < 1.29 is 0 Å².